The van der Waals surface area contributed by atoms with Crippen molar-refractivity contribution in [2.75, 3.05) is 45.3 Å². The quantitative estimate of drug-likeness (QED) is 0.665. The summed E-state index contributed by atoms with van der Waals surface area (Å²) in [5.74, 6) is -0.958. The Kier molecular flexibility index (Phi) is 7.84. The molecule has 3 rings (SSSR count). The van der Waals surface area contributed by atoms with Crippen LogP contribution in [0, 0.1) is 11.3 Å². The van der Waals surface area contributed by atoms with Gasteiger partial charge in [0.1, 0.15) is 11.8 Å². The summed E-state index contributed by atoms with van der Waals surface area (Å²) in [5.41, 5.74) is 1.37. The van der Waals surface area contributed by atoms with Gasteiger partial charge in [-0.25, -0.2) is 0 Å². The minimum absolute atomic E-state index is 0.156. The number of amides is 2. The highest BCUT2D eigenvalue weighted by Gasteiger charge is 2.25. The third-order valence-electron chi connectivity index (χ3n) is 4.98. The van der Waals surface area contributed by atoms with Gasteiger partial charge in [-0.3, -0.25) is 14.5 Å². The lowest BCUT2D eigenvalue weighted by molar-refractivity contribution is -0.136. The standard InChI is InChI=1S/C22H23ClN4O4/c1-30-18-4-2-3-15(11-18)20(27-7-9-31-10-8-27)14-25-21(28)22(29)26-19-12-17(23)6-5-16(19)13-24/h2-6,11-12,20H,7-10,14H2,1H3,(H,25,28)(H,26,29). The first-order valence-electron chi connectivity index (χ1n) is 9.76. The van der Waals surface area contributed by atoms with Crippen molar-refractivity contribution in [1.29, 1.82) is 5.26 Å². The van der Waals surface area contributed by atoms with E-state index in [1.165, 1.54) is 18.2 Å². The number of rotatable bonds is 6. The van der Waals surface area contributed by atoms with Crippen LogP contribution >= 0.6 is 11.6 Å². The molecule has 162 valence electrons. The first kappa shape index (κ1) is 22.6. The van der Waals surface area contributed by atoms with Crippen LogP contribution in [0.2, 0.25) is 5.02 Å². The minimum atomic E-state index is -0.870. The highest BCUT2D eigenvalue weighted by atomic mass is 35.5. The van der Waals surface area contributed by atoms with Crippen LogP contribution in [0.1, 0.15) is 17.2 Å². The highest BCUT2D eigenvalue weighted by Crippen LogP contribution is 2.25. The fraction of sp³-hybridized carbons (Fsp3) is 0.318. The molecular weight excluding hydrogens is 420 g/mol. The molecule has 1 saturated heterocycles. The third-order valence-corrected chi connectivity index (χ3v) is 5.21. The van der Waals surface area contributed by atoms with Crippen molar-refractivity contribution in [1.82, 2.24) is 10.2 Å². The number of benzene rings is 2. The lowest BCUT2D eigenvalue weighted by atomic mass is 10.0. The number of hydrogen-bond acceptors (Lipinski definition) is 6. The molecule has 1 atom stereocenters. The van der Waals surface area contributed by atoms with E-state index >= 15 is 0 Å². The summed E-state index contributed by atoms with van der Waals surface area (Å²) in [6.07, 6.45) is 0. The Morgan fingerprint density at radius 3 is 2.71 bits per heavy atom. The zero-order chi connectivity index (χ0) is 22.2. The Morgan fingerprint density at radius 1 is 1.23 bits per heavy atom. The van der Waals surface area contributed by atoms with E-state index in [0.717, 1.165) is 5.56 Å². The predicted molar refractivity (Wildman–Crippen MR) is 116 cm³/mol. The fourth-order valence-corrected chi connectivity index (χ4v) is 3.53. The lowest BCUT2D eigenvalue weighted by Gasteiger charge is -2.35. The largest absolute Gasteiger partial charge is 0.497 e. The second-order valence-corrected chi connectivity index (χ2v) is 7.34. The van der Waals surface area contributed by atoms with Gasteiger partial charge >= 0.3 is 11.8 Å². The van der Waals surface area contributed by atoms with Crippen molar-refractivity contribution in [3.8, 4) is 11.8 Å². The van der Waals surface area contributed by atoms with E-state index in [0.29, 0.717) is 37.1 Å². The molecule has 8 nitrogen and oxygen atoms in total. The van der Waals surface area contributed by atoms with E-state index in [4.69, 9.17) is 21.1 Å². The molecule has 31 heavy (non-hydrogen) atoms. The number of hydrogen-bond donors (Lipinski definition) is 2. The predicted octanol–water partition coefficient (Wildman–Crippen LogP) is 2.35. The van der Waals surface area contributed by atoms with Gasteiger partial charge in [-0.15, -0.1) is 0 Å². The van der Waals surface area contributed by atoms with E-state index < -0.39 is 11.8 Å². The van der Waals surface area contributed by atoms with Crippen molar-refractivity contribution in [2.45, 2.75) is 6.04 Å². The molecule has 2 N–H and O–H groups in total. The van der Waals surface area contributed by atoms with Crippen LogP contribution in [0.15, 0.2) is 42.5 Å². The summed E-state index contributed by atoms with van der Waals surface area (Å²) >= 11 is 5.93. The van der Waals surface area contributed by atoms with Gasteiger partial charge in [0.15, 0.2) is 0 Å². The monoisotopic (exact) mass is 442 g/mol. The number of halogens is 1. The number of nitrogens with one attached hydrogen (secondary N) is 2. The molecule has 0 aliphatic carbocycles. The summed E-state index contributed by atoms with van der Waals surface area (Å²) in [7, 11) is 1.60. The third kappa shape index (κ3) is 5.95. The van der Waals surface area contributed by atoms with Gasteiger partial charge < -0.3 is 20.1 Å². The molecule has 0 spiro atoms. The van der Waals surface area contributed by atoms with Gasteiger partial charge in [-0.05, 0) is 35.9 Å². The number of nitriles is 1. The van der Waals surface area contributed by atoms with Crippen LogP contribution < -0.4 is 15.4 Å². The van der Waals surface area contributed by atoms with Gasteiger partial charge in [0, 0.05) is 24.7 Å². The van der Waals surface area contributed by atoms with Crippen molar-refractivity contribution in [3.63, 3.8) is 0 Å². The number of carbonyl (C=O) groups is 2. The van der Waals surface area contributed by atoms with Gasteiger partial charge in [-0.2, -0.15) is 5.26 Å². The average molecular weight is 443 g/mol. The van der Waals surface area contributed by atoms with Crippen LogP contribution in [0.25, 0.3) is 0 Å². The average Bonchev–Trinajstić information content (AvgIpc) is 2.80. The summed E-state index contributed by atoms with van der Waals surface area (Å²) < 4.78 is 10.8. The normalized spacial score (nSPS) is 14.9. The summed E-state index contributed by atoms with van der Waals surface area (Å²) in [6.45, 7) is 2.83. The lowest BCUT2D eigenvalue weighted by Crippen LogP contribution is -2.45. The molecule has 0 bridgehead atoms. The zero-order valence-electron chi connectivity index (χ0n) is 17.1. The maximum atomic E-state index is 12.5. The molecule has 0 saturated carbocycles. The van der Waals surface area contributed by atoms with E-state index in [-0.39, 0.29) is 23.8 Å². The molecule has 1 fully saturated rings. The van der Waals surface area contributed by atoms with Gasteiger partial charge in [0.25, 0.3) is 0 Å². The first-order valence-corrected chi connectivity index (χ1v) is 10.1. The summed E-state index contributed by atoms with van der Waals surface area (Å²) in [6, 6.07) is 13.9. The van der Waals surface area contributed by atoms with E-state index in [9.17, 15) is 14.9 Å². The number of ether oxygens (including phenoxy) is 2. The molecule has 1 aliphatic rings. The van der Waals surface area contributed by atoms with Gasteiger partial charge in [-0.1, -0.05) is 23.7 Å². The maximum absolute atomic E-state index is 12.5. The Labute approximate surface area is 185 Å². The van der Waals surface area contributed by atoms with Crippen molar-refractivity contribution >= 4 is 29.1 Å². The van der Waals surface area contributed by atoms with Gasteiger partial charge in [0.05, 0.1) is 37.6 Å². The molecule has 2 aromatic carbocycles. The summed E-state index contributed by atoms with van der Waals surface area (Å²) in [4.78, 5) is 27.1. The maximum Gasteiger partial charge on any atom is 0.313 e. The smallest absolute Gasteiger partial charge is 0.313 e. The Balaban J connectivity index is 1.70. The Hall–Kier alpha value is -3.12. The molecule has 2 aromatic rings. The van der Waals surface area contributed by atoms with Crippen molar-refractivity contribution < 1.29 is 19.1 Å². The SMILES string of the molecule is COc1cccc(C(CNC(=O)C(=O)Nc2cc(Cl)ccc2C#N)N2CCOCC2)c1. The topological polar surface area (TPSA) is 104 Å². The highest BCUT2D eigenvalue weighted by molar-refractivity contribution is 6.40. The molecule has 0 aromatic heterocycles. The van der Waals surface area contributed by atoms with E-state index in [1.54, 1.807) is 7.11 Å². The number of carbonyl (C=O) groups excluding carboxylic acids is 2. The molecule has 2 amide bonds. The van der Waals surface area contributed by atoms with Crippen molar-refractivity contribution in [3.05, 3.63) is 58.6 Å². The van der Waals surface area contributed by atoms with Gasteiger partial charge in [0.2, 0.25) is 0 Å². The second-order valence-electron chi connectivity index (χ2n) is 6.91. The fourth-order valence-electron chi connectivity index (χ4n) is 3.36. The number of methoxy groups -OCH3 is 1. The second kappa shape index (κ2) is 10.8. The number of anilines is 1. The van der Waals surface area contributed by atoms with Crippen molar-refractivity contribution in [2.24, 2.45) is 0 Å². The molecule has 0 radical (unpaired) electrons. The van der Waals surface area contributed by atoms with Crippen LogP contribution in [0.3, 0.4) is 0 Å². The molecule has 1 aliphatic heterocycles. The molecular formula is C22H23ClN4O4. The van der Waals surface area contributed by atoms with Crippen LogP contribution in [-0.4, -0.2) is 56.7 Å². The molecule has 1 heterocycles. The van der Waals surface area contributed by atoms with E-state index in [2.05, 4.69) is 15.5 Å². The molecule has 9 heteroatoms. The van der Waals surface area contributed by atoms with Crippen LogP contribution in [-0.2, 0) is 14.3 Å². The van der Waals surface area contributed by atoms with Crippen LogP contribution in [0.4, 0.5) is 5.69 Å². The molecule has 1 unspecified atom stereocenters. The van der Waals surface area contributed by atoms with Crippen LogP contribution in [0.5, 0.6) is 5.75 Å². The minimum Gasteiger partial charge on any atom is -0.497 e. The Morgan fingerprint density at radius 2 is 2.00 bits per heavy atom. The van der Waals surface area contributed by atoms with E-state index in [1.807, 2.05) is 30.3 Å². The first-order chi connectivity index (χ1) is 15.0. The summed E-state index contributed by atoms with van der Waals surface area (Å²) in [5, 5.41) is 14.7. The number of nitrogens with zero attached hydrogens (tertiary/aromatic N) is 2. The number of morpholine rings is 1. The Bertz CT molecular complexity index is 986. The zero-order valence-corrected chi connectivity index (χ0v) is 17.8.